The molecule has 5 heterocycles. The summed E-state index contributed by atoms with van der Waals surface area (Å²) in [5.74, 6) is 2.97. The second kappa shape index (κ2) is 5.66. The summed E-state index contributed by atoms with van der Waals surface area (Å²) in [6.45, 7) is 3.84. The van der Waals surface area contributed by atoms with Crippen LogP contribution in [-0.2, 0) is 7.05 Å². The summed E-state index contributed by atoms with van der Waals surface area (Å²) >= 11 is 0. The van der Waals surface area contributed by atoms with E-state index in [9.17, 15) is 0 Å². The molecule has 0 spiro atoms. The molecule has 2 aliphatic rings. The van der Waals surface area contributed by atoms with E-state index in [1.165, 1.54) is 0 Å². The molecule has 26 heavy (non-hydrogen) atoms. The van der Waals surface area contributed by atoms with Crippen molar-refractivity contribution < 1.29 is 0 Å². The number of anilines is 2. The Morgan fingerprint density at radius 1 is 1.04 bits per heavy atom. The SMILES string of the molecule is Cn1cnc2c(N3CC4CN(c5cccc(C#N)n5)CC4C3)ncnc21. The smallest absolute Gasteiger partial charge is 0.165 e. The van der Waals surface area contributed by atoms with E-state index in [1.54, 1.807) is 18.7 Å². The van der Waals surface area contributed by atoms with Crippen LogP contribution < -0.4 is 9.80 Å². The number of nitriles is 1. The zero-order valence-corrected chi connectivity index (χ0v) is 14.4. The normalized spacial score (nSPS) is 22.0. The van der Waals surface area contributed by atoms with Crippen LogP contribution >= 0.6 is 0 Å². The summed E-state index contributed by atoms with van der Waals surface area (Å²) in [5.41, 5.74) is 2.21. The van der Waals surface area contributed by atoms with Crippen LogP contribution in [-0.4, -0.2) is 50.7 Å². The van der Waals surface area contributed by atoms with Gasteiger partial charge in [0.1, 0.15) is 23.9 Å². The van der Waals surface area contributed by atoms with E-state index in [2.05, 4.69) is 35.8 Å². The Balaban J connectivity index is 1.36. The van der Waals surface area contributed by atoms with E-state index in [1.807, 2.05) is 23.7 Å². The van der Waals surface area contributed by atoms with Gasteiger partial charge in [-0.1, -0.05) is 6.07 Å². The Bertz CT molecular complexity index is 1010. The number of fused-ring (bicyclic) bond motifs is 2. The molecular weight excluding hydrogens is 328 g/mol. The van der Waals surface area contributed by atoms with Gasteiger partial charge in [-0.05, 0) is 12.1 Å². The van der Waals surface area contributed by atoms with Crippen molar-refractivity contribution in [3.05, 3.63) is 36.5 Å². The monoisotopic (exact) mass is 346 g/mol. The van der Waals surface area contributed by atoms with Crippen LogP contribution in [0.1, 0.15) is 5.69 Å². The highest BCUT2D eigenvalue weighted by Crippen LogP contribution is 2.36. The van der Waals surface area contributed by atoms with Crippen molar-refractivity contribution in [1.82, 2.24) is 24.5 Å². The van der Waals surface area contributed by atoms with E-state index >= 15 is 0 Å². The zero-order chi connectivity index (χ0) is 17.7. The summed E-state index contributed by atoms with van der Waals surface area (Å²) in [7, 11) is 1.95. The van der Waals surface area contributed by atoms with Crippen LogP contribution in [0.4, 0.5) is 11.6 Å². The fraction of sp³-hybridized carbons (Fsp3) is 0.389. The number of hydrogen-bond donors (Lipinski definition) is 0. The molecular formula is C18H18N8. The summed E-state index contributed by atoms with van der Waals surface area (Å²) in [5, 5.41) is 9.06. The van der Waals surface area contributed by atoms with E-state index in [0.717, 1.165) is 49.0 Å². The number of nitrogens with zero attached hydrogens (tertiary/aromatic N) is 8. The van der Waals surface area contributed by atoms with Gasteiger partial charge in [0.2, 0.25) is 0 Å². The lowest BCUT2D eigenvalue weighted by Gasteiger charge is -2.23. The molecule has 5 rings (SSSR count). The van der Waals surface area contributed by atoms with Crippen LogP contribution in [0.15, 0.2) is 30.9 Å². The second-order valence-corrected chi connectivity index (χ2v) is 7.05. The molecule has 0 N–H and O–H groups in total. The van der Waals surface area contributed by atoms with Crippen molar-refractivity contribution in [3.8, 4) is 6.07 Å². The number of pyridine rings is 1. The Labute approximate surface area is 150 Å². The van der Waals surface area contributed by atoms with Crippen molar-refractivity contribution in [3.63, 3.8) is 0 Å². The molecule has 0 bridgehead atoms. The van der Waals surface area contributed by atoms with Gasteiger partial charge in [-0.3, -0.25) is 0 Å². The van der Waals surface area contributed by atoms with E-state index in [0.29, 0.717) is 17.5 Å². The Morgan fingerprint density at radius 2 is 1.81 bits per heavy atom. The molecule has 0 amide bonds. The topological polar surface area (TPSA) is 86.8 Å². The van der Waals surface area contributed by atoms with Gasteiger partial charge in [0.25, 0.3) is 0 Å². The van der Waals surface area contributed by atoms with E-state index < -0.39 is 0 Å². The number of aryl methyl sites for hydroxylation is 1. The van der Waals surface area contributed by atoms with Gasteiger partial charge in [0.15, 0.2) is 17.0 Å². The van der Waals surface area contributed by atoms with Crippen LogP contribution in [0.5, 0.6) is 0 Å². The standard InChI is InChI=1S/C18H18N8/c1-24-11-22-16-17(24)20-10-21-18(16)26-8-12-6-25(7-13(12)9-26)15-4-2-3-14(5-19)23-15/h2-4,10-13H,6-9H2,1H3. The fourth-order valence-electron chi connectivity index (χ4n) is 4.18. The molecule has 0 saturated carbocycles. The molecule has 2 saturated heterocycles. The molecule has 2 fully saturated rings. The fourth-order valence-corrected chi connectivity index (χ4v) is 4.18. The lowest BCUT2D eigenvalue weighted by Crippen LogP contribution is -2.29. The molecule has 0 aromatic carbocycles. The summed E-state index contributed by atoms with van der Waals surface area (Å²) in [6.07, 6.45) is 3.41. The largest absolute Gasteiger partial charge is 0.356 e. The first-order valence-corrected chi connectivity index (χ1v) is 8.72. The molecule has 2 atom stereocenters. The van der Waals surface area contributed by atoms with Crippen LogP contribution in [0.25, 0.3) is 11.2 Å². The number of rotatable bonds is 2. The molecule has 2 unspecified atom stereocenters. The van der Waals surface area contributed by atoms with Gasteiger partial charge in [0, 0.05) is 45.1 Å². The third-order valence-electron chi connectivity index (χ3n) is 5.44. The van der Waals surface area contributed by atoms with Gasteiger partial charge < -0.3 is 14.4 Å². The molecule has 130 valence electrons. The summed E-state index contributed by atoms with van der Waals surface area (Å²) < 4.78 is 1.92. The summed E-state index contributed by atoms with van der Waals surface area (Å²) in [6, 6.07) is 7.76. The maximum atomic E-state index is 9.06. The van der Waals surface area contributed by atoms with Crippen LogP contribution in [0.2, 0.25) is 0 Å². The van der Waals surface area contributed by atoms with Gasteiger partial charge in [0.05, 0.1) is 6.33 Å². The van der Waals surface area contributed by atoms with Crippen LogP contribution in [0, 0.1) is 23.2 Å². The van der Waals surface area contributed by atoms with E-state index in [-0.39, 0.29) is 0 Å². The maximum Gasteiger partial charge on any atom is 0.165 e. The molecule has 3 aromatic heterocycles. The van der Waals surface area contributed by atoms with Crippen molar-refractivity contribution in [2.24, 2.45) is 18.9 Å². The van der Waals surface area contributed by atoms with Gasteiger partial charge in [-0.25, -0.2) is 19.9 Å². The second-order valence-electron chi connectivity index (χ2n) is 7.05. The average molecular weight is 346 g/mol. The lowest BCUT2D eigenvalue weighted by atomic mass is 10.0. The average Bonchev–Trinajstić information content (AvgIpc) is 3.35. The quantitative estimate of drug-likeness (QED) is 0.689. The Hall–Kier alpha value is -3.21. The van der Waals surface area contributed by atoms with Crippen molar-refractivity contribution in [2.45, 2.75) is 0 Å². The number of aromatic nitrogens is 5. The third-order valence-corrected chi connectivity index (χ3v) is 5.44. The predicted molar refractivity (Wildman–Crippen MR) is 96.7 cm³/mol. The van der Waals surface area contributed by atoms with Gasteiger partial charge in [-0.2, -0.15) is 5.26 Å². The highest BCUT2D eigenvalue weighted by molar-refractivity contribution is 5.83. The lowest BCUT2D eigenvalue weighted by molar-refractivity contribution is 0.533. The Kier molecular flexibility index (Phi) is 3.28. The molecule has 8 heteroatoms. The van der Waals surface area contributed by atoms with E-state index in [4.69, 9.17) is 5.26 Å². The molecule has 8 nitrogen and oxygen atoms in total. The minimum atomic E-state index is 0.472. The molecule has 0 radical (unpaired) electrons. The first kappa shape index (κ1) is 15.1. The van der Waals surface area contributed by atoms with Gasteiger partial charge >= 0.3 is 0 Å². The molecule has 0 aliphatic carbocycles. The van der Waals surface area contributed by atoms with Crippen molar-refractivity contribution in [2.75, 3.05) is 36.0 Å². The minimum absolute atomic E-state index is 0.472. The first-order chi connectivity index (χ1) is 12.7. The number of hydrogen-bond acceptors (Lipinski definition) is 7. The molecule has 2 aliphatic heterocycles. The predicted octanol–water partition coefficient (Wildman–Crippen LogP) is 1.20. The first-order valence-electron chi connectivity index (χ1n) is 8.72. The van der Waals surface area contributed by atoms with Crippen LogP contribution in [0.3, 0.4) is 0 Å². The minimum Gasteiger partial charge on any atom is -0.356 e. The van der Waals surface area contributed by atoms with Crippen molar-refractivity contribution in [1.29, 1.82) is 5.26 Å². The summed E-state index contributed by atoms with van der Waals surface area (Å²) in [4.78, 5) is 22.4. The molecule has 3 aromatic rings. The van der Waals surface area contributed by atoms with Crippen molar-refractivity contribution >= 4 is 22.8 Å². The maximum absolute atomic E-state index is 9.06. The highest BCUT2D eigenvalue weighted by atomic mass is 15.3. The third kappa shape index (κ3) is 2.28. The number of imidazole rings is 1. The highest BCUT2D eigenvalue weighted by Gasteiger charge is 2.41. The van der Waals surface area contributed by atoms with Gasteiger partial charge in [-0.15, -0.1) is 0 Å². The Morgan fingerprint density at radius 3 is 2.58 bits per heavy atom. The zero-order valence-electron chi connectivity index (χ0n) is 14.4.